The predicted octanol–water partition coefficient (Wildman–Crippen LogP) is 0.514. The van der Waals surface area contributed by atoms with E-state index in [1.165, 1.54) is 0 Å². The summed E-state index contributed by atoms with van der Waals surface area (Å²) in [6.07, 6.45) is 0. The van der Waals surface area contributed by atoms with Crippen molar-refractivity contribution in [3.8, 4) is 11.5 Å². The zero-order valence-electron chi connectivity index (χ0n) is 13.0. The van der Waals surface area contributed by atoms with Crippen LogP contribution in [0.4, 0.5) is 5.82 Å². The van der Waals surface area contributed by atoms with Crippen LogP contribution >= 0.6 is 0 Å². The summed E-state index contributed by atoms with van der Waals surface area (Å²) in [4.78, 5) is 12.1. The molecule has 2 aromatic heterocycles. The molecule has 0 atom stereocenters. The van der Waals surface area contributed by atoms with Gasteiger partial charge in [0.1, 0.15) is 21.9 Å². The van der Waals surface area contributed by atoms with Crippen molar-refractivity contribution in [1.82, 2.24) is 15.0 Å². The maximum Gasteiger partial charge on any atom is 0.163 e. The SMILES string of the molecule is COc1cc2nc(C(=S=O)c3cccc(N)n3)[nH]c2cc1OC.O. The minimum absolute atomic E-state index is 0. The second-order valence-electron chi connectivity index (χ2n) is 4.67. The van der Waals surface area contributed by atoms with E-state index >= 15 is 0 Å². The number of ether oxygens (including phenoxy) is 2. The number of aromatic amines is 1. The highest BCUT2D eigenvalue weighted by Crippen LogP contribution is 2.31. The maximum atomic E-state index is 11.6. The van der Waals surface area contributed by atoms with Crippen molar-refractivity contribution >= 4 is 33.0 Å². The molecular formula is C15H16N4O4S. The average Bonchev–Trinajstić information content (AvgIpc) is 2.96. The number of hydrogen-bond donors (Lipinski definition) is 2. The lowest BCUT2D eigenvalue weighted by atomic mass is 10.2. The first kappa shape index (κ1) is 17.4. The minimum Gasteiger partial charge on any atom is -0.493 e. The summed E-state index contributed by atoms with van der Waals surface area (Å²) >= 11 is 0.312. The van der Waals surface area contributed by atoms with Gasteiger partial charge in [0.2, 0.25) is 0 Å². The highest BCUT2D eigenvalue weighted by Gasteiger charge is 2.15. The number of H-pyrrole nitrogens is 1. The lowest BCUT2D eigenvalue weighted by Crippen LogP contribution is -2.08. The van der Waals surface area contributed by atoms with Crippen LogP contribution in [0.1, 0.15) is 11.5 Å². The van der Waals surface area contributed by atoms with Crippen LogP contribution in [-0.4, -0.2) is 43.7 Å². The number of nitrogens with two attached hydrogens (primary N) is 1. The number of nitrogens with zero attached hydrogens (tertiary/aromatic N) is 2. The van der Waals surface area contributed by atoms with Crippen LogP contribution in [0.3, 0.4) is 0 Å². The molecule has 0 amide bonds. The standard InChI is InChI=1S/C15H14N4O3S.H2O/c1-21-11-6-9-10(7-12(11)22-2)19-15(18-9)14(23-20)8-4-3-5-13(16)17-8;/h3-7H,1-2H3,(H2,16,17)(H,18,19);1H2. The molecule has 0 aliphatic heterocycles. The first-order valence-electron chi connectivity index (χ1n) is 6.68. The number of rotatable bonds is 4. The Morgan fingerprint density at radius 1 is 1.17 bits per heavy atom. The van der Waals surface area contributed by atoms with E-state index in [1.54, 1.807) is 44.6 Å². The number of nitrogens with one attached hydrogen (secondary N) is 1. The lowest BCUT2D eigenvalue weighted by molar-refractivity contribution is 0.356. The number of benzene rings is 1. The van der Waals surface area contributed by atoms with E-state index in [0.717, 1.165) is 5.52 Å². The molecule has 0 aliphatic carbocycles. The second-order valence-corrected chi connectivity index (χ2v) is 5.24. The third-order valence-corrected chi connectivity index (χ3v) is 3.86. The minimum atomic E-state index is 0. The van der Waals surface area contributed by atoms with Crippen LogP contribution in [0.5, 0.6) is 11.5 Å². The number of anilines is 1. The van der Waals surface area contributed by atoms with E-state index < -0.39 is 0 Å². The van der Waals surface area contributed by atoms with Gasteiger partial charge in [0.05, 0.1) is 30.9 Å². The monoisotopic (exact) mass is 348 g/mol. The Kier molecular flexibility index (Phi) is 5.17. The Morgan fingerprint density at radius 2 is 1.88 bits per heavy atom. The molecule has 0 fully saturated rings. The Balaban J connectivity index is 0.00000208. The van der Waals surface area contributed by atoms with E-state index in [1.807, 2.05) is 0 Å². The highest BCUT2D eigenvalue weighted by molar-refractivity contribution is 7.67. The van der Waals surface area contributed by atoms with Crippen molar-refractivity contribution in [1.29, 1.82) is 0 Å². The van der Waals surface area contributed by atoms with Crippen LogP contribution in [0.15, 0.2) is 30.3 Å². The summed E-state index contributed by atoms with van der Waals surface area (Å²) in [6, 6.07) is 8.62. The highest BCUT2D eigenvalue weighted by atomic mass is 32.1. The smallest absolute Gasteiger partial charge is 0.163 e. The van der Waals surface area contributed by atoms with E-state index in [2.05, 4.69) is 15.0 Å². The van der Waals surface area contributed by atoms with Crippen molar-refractivity contribution in [3.05, 3.63) is 41.9 Å². The molecule has 0 spiro atoms. The molecule has 9 heteroatoms. The molecule has 2 heterocycles. The lowest BCUT2D eigenvalue weighted by Gasteiger charge is -2.06. The number of pyridine rings is 1. The van der Waals surface area contributed by atoms with E-state index in [4.69, 9.17) is 15.2 Å². The fraction of sp³-hybridized carbons (Fsp3) is 0.133. The van der Waals surface area contributed by atoms with Crippen molar-refractivity contribution in [3.63, 3.8) is 0 Å². The van der Waals surface area contributed by atoms with Crippen molar-refractivity contribution in [2.24, 2.45) is 0 Å². The Morgan fingerprint density at radius 3 is 2.50 bits per heavy atom. The van der Waals surface area contributed by atoms with Gasteiger partial charge in [0.25, 0.3) is 0 Å². The summed E-state index contributed by atoms with van der Waals surface area (Å²) in [7, 11) is 3.11. The third kappa shape index (κ3) is 3.07. The fourth-order valence-electron chi connectivity index (χ4n) is 2.23. The molecule has 0 saturated carbocycles. The first-order chi connectivity index (χ1) is 11.2. The van der Waals surface area contributed by atoms with Gasteiger partial charge in [-0.05, 0) is 12.1 Å². The number of aromatic nitrogens is 3. The van der Waals surface area contributed by atoms with Crippen LogP contribution in [0.2, 0.25) is 0 Å². The zero-order chi connectivity index (χ0) is 16.4. The Hall–Kier alpha value is -2.91. The quantitative estimate of drug-likeness (QED) is 0.521. The van der Waals surface area contributed by atoms with Crippen LogP contribution in [0.25, 0.3) is 11.0 Å². The average molecular weight is 348 g/mol. The van der Waals surface area contributed by atoms with Gasteiger partial charge in [-0.15, -0.1) is 0 Å². The predicted molar refractivity (Wildman–Crippen MR) is 92.8 cm³/mol. The van der Waals surface area contributed by atoms with Crippen LogP contribution in [-0.2, 0) is 11.3 Å². The molecule has 1 aromatic carbocycles. The van der Waals surface area contributed by atoms with E-state index in [0.29, 0.717) is 50.5 Å². The molecule has 0 unspecified atom stereocenters. The van der Waals surface area contributed by atoms with E-state index in [-0.39, 0.29) is 5.48 Å². The topological polar surface area (TPSA) is 135 Å². The first-order valence-corrected chi connectivity index (χ1v) is 7.42. The summed E-state index contributed by atoms with van der Waals surface area (Å²) in [5, 5.41) is 0. The van der Waals surface area contributed by atoms with Crippen LogP contribution in [0, 0.1) is 0 Å². The Bertz CT molecular complexity index is 893. The largest absolute Gasteiger partial charge is 0.493 e. The number of hydrogen-bond acceptors (Lipinski definition) is 6. The molecule has 5 N–H and O–H groups in total. The summed E-state index contributed by atoms with van der Waals surface area (Å²) < 4.78 is 22.1. The third-order valence-electron chi connectivity index (χ3n) is 3.29. The molecule has 0 bridgehead atoms. The van der Waals surface area contributed by atoms with E-state index in [9.17, 15) is 4.21 Å². The number of nitrogen functional groups attached to an aromatic ring is 1. The van der Waals surface area contributed by atoms with Crippen molar-refractivity contribution < 1.29 is 19.2 Å². The molecule has 0 radical (unpaired) electrons. The second kappa shape index (κ2) is 7.11. The van der Waals surface area contributed by atoms with Gasteiger partial charge < -0.3 is 25.7 Å². The maximum absolute atomic E-state index is 11.6. The molecule has 126 valence electrons. The van der Waals surface area contributed by atoms with Gasteiger partial charge in [0, 0.05) is 12.1 Å². The van der Waals surface area contributed by atoms with Crippen molar-refractivity contribution in [2.45, 2.75) is 0 Å². The molecule has 0 aliphatic rings. The Labute approximate surface area is 141 Å². The van der Waals surface area contributed by atoms with Gasteiger partial charge in [-0.2, -0.15) is 0 Å². The molecule has 0 saturated heterocycles. The molecular weight excluding hydrogens is 332 g/mol. The zero-order valence-corrected chi connectivity index (χ0v) is 13.8. The van der Waals surface area contributed by atoms with Crippen LogP contribution < -0.4 is 15.2 Å². The molecule has 24 heavy (non-hydrogen) atoms. The normalized spacial score (nSPS) is 10.1. The van der Waals surface area contributed by atoms with Crippen molar-refractivity contribution in [2.75, 3.05) is 20.0 Å². The van der Waals surface area contributed by atoms with Gasteiger partial charge in [-0.1, -0.05) is 6.07 Å². The number of fused-ring (bicyclic) bond motifs is 1. The van der Waals surface area contributed by atoms with Gasteiger partial charge in [0.15, 0.2) is 17.3 Å². The van der Waals surface area contributed by atoms with Gasteiger partial charge in [-0.25, -0.2) is 14.2 Å². The fourth-order valence-corrected chi connectivity index (χ4v) is 2.60. The van der Waals surface area contributed by atoms with Gasteiger partial charge >= 0.3 is 0 Å². The summed E-state index contributed by atoms with van der Waals surface area (Å²) in [5.41, 5.74) is 7.55. The number of imidazole rings is 1. The summed E-state index contributed by atoms with van der Waals surface area (Å²) in [5.74, 6) is 1.91. The number of methoxy groups -OCH3 is 2. The molecule has 3 aromatic rings. The molecule has 8 nitrogen and oxygen atoms in total. The summed E-state index contributed by atoms with van der Waals surface area (Å²) in [6.45, 7) is 0. The molecule has 3 rings (SSSR count). The van der Waals surface area contributed by atoms with Gasteiger partial charge in [-0.3, -0.25) is 0 Å².